The van der Waals surface area contributed by atoms with E-state index in [1.807, 2.05) is 62.4 Å². The van der Waals surface area contributed by atoms with Gasteiger partial charge < -0.3 is 50.1 Å². The Bertz CT molecular complexity index is 1930. The summed E-state index contributed by atoms with van der Waals surface area (Å²) in [5, 5.41) is 17.1. The molecule has 6 atom stereocenters. The molecule has 4 amide bonds. The molecule has 2 aromatic heterocycles. The second kappa shape index (κ2) is 18.1. The largest absolute Gasteiger partial charge is 0.465 e. The molecule has 55 heavy (non-hydrogen) atoms. The number of carbonyl (C=O) groups is 4. The second-order valence-electron chi connectivity index (χ2n) is 13.9. The number of carbonyl (C=O) groups excluding carboxylic acids is 3. The highest BCUT2D eigenvalue weighted by Gasteiger charge is 2.38. The van der Waals surface area contributed by atoms with Crippen molar-refractivity contribution in [3.63, 3.8) is 0 Å². The number of benzene rings is 2. The number of imidazole rings is 2. The highest BCUT2D eigenvalue weighted by atomic mass is 16.5. The molecule has 0 unspecified atom stereocenters. The number of likely N-dealkylation sites (tertiary alicyclic amines) is 1. The van der Waals surface area contributed by atoms with Gasteiger partial charge in [0.15, 0.2) is 0 Å². The lowest BCUT2D eigenvalue weighted by Gasteiger charge is -2.30. The number of aromatic amines is 2. The van der Waals surface area contributed by atoms with Crippen LogP contribution in [0.15, 0.2) is 60.9 Å². The van der Waals surface area contributed by atoms with Crippen LogP contribution in [0, 0.1) is 5.92 Å². The van der Waals surface area contributed by atoms with Gasteiger partial charge in [-0.2, -0.15) is 0 Å². The van der Waals surface area contributed by atoms with Gasteiger partial charge in [-0.15, -0.1) is 0 Å². The molecule has 0 spiro atoms. The van der Waals surface area contributed by atoms with Crippen molar-refractivity contribution in [3.05, 3.63) is 72.6 Å². The second-order valence-corrected chi connectivity index (χ2v) is 13.9. The van der Waals surface area contributed by atoms with Crippen LogP contribution in [-0.2, 0) is 23.8 Å². The van der Waals surface area contributed by atoms with E-state index in [9.17, 15) is 24.3 Å². The fourth-order valence-corrected chi connectivity index (χ4v) is 6.63. The molecule has 16 heteroatoms. The maximum absolute atomic E-state index is 13.4. The van der Waals surface area contributed by atoms with E-state index in [0.717, 1.165) is 40.1 Å². The molecule has 5 rings (SSSR count). The van der Waals surface area contributed by atoms with Gasteiger partial charge in [0, 0.05) is 20.8 Å². The maximum Gasteiger partial charge on any atom is 0.407 e. The minimum Gasteiger partial charge on any atom is -0.465 e. The molecule has 1 aliphatic heterocycles. The molecule has 4 aromatic rings. The lowest BCUT2D eigenvalue weighted by Crippen LogP contribution is -2.54. The summed E-state index contributed by atoms with van der Waals surface area (Å²) in [6.07, 6.45) is 1.68. The molecule has 0 aliphatic carbocycles. The maximum atomic E-state index is 13.4. The summed E-state index contributed by atoms with van der Waals surface area (Å²) in [7, 11) is 4.13. The minimum absolute atomic E-state index is 0.0226. The van der Waals surface area contributed by atoms with Crippen LogP contribution < -0.4 is 16.0 Å². The van der Waals surface area contributed by atoms with E-state index in [0.29, 0.717) is 24.6 Å². The number of hydrogen-bond acceptors (Lipinski definition) is 9. The van der Waals surface area contributed by atoms with Gasteiger partial charge >= 0.3 is 12.2 Å². The summed E-state index contributed by atoms with van der Waals surface area (Å²) in [5.41, 5.74) is 5.45. The Balaban J connectivity index is 1.25. The number of nitrogens with one attached hydrogen (secondary N) is 5. The van der Waals surface area contributed by atoms with Crippen molar-refractivity contribution in [2.75, 3.05) is 27.9 Å². The zero-order chi connectivity index (χ0) is 39.8. The van der Waals surface area contributed by atoms with E-state index in [-0.39, 0.29) is 17.9 Å². The molecule has 0 bridgehead atoms. The molecule has 2 aromatic carbocycles. The van der Waals surface area contributed by atoms with Crippen molar-refractivity contribution in [2.24, 2.45) is 5.92 Å². The highest BCUT2D eigenvalue weighted by Crippen LogP contribution is 2.33. The summed E-state index contributed by atoms with van der Waals surface area (Å²) in [6, 6.07) is 13.3. The number of hydrogen-bond donors (Lipinski definition) is 6. The van der Waals surface area contributed by atoms with Crippen LogP contribution in [0.4, 0.5) is 9.59 Å². The Morgan fingerprint density at radius 2 is 1.31 bits per heavy atom. The average molecular weight is 759 g/mol. The molecule has 0 radical (unpaired) electrons. The number of aromatic nitrogens is 4. The van der Waals surface area contributed by atoms with E-state index in [1.165, 1.54) is 21.3 Å². The van der Waals surface area contributed by atoms with Gasteiger partial charge in [0.05, 0.1) is 55.2 Å². The number of carboxylic acid groups (broad SMARTS) is 1. The third-order valence-corrected chi connectivity index (χ3v) is 10.00. The van der Waals surface area contributed by atoms with Gasteiger partial charge in [0.25, 0.3) is 0 Å². The van der Waals surface area contributed by atoms with Crippen LogP contribution in [0.5, 0.6) is 0 Å². The van der Waals surface area contributed by atoms with Crippen molar-refractivity contribution >= 4 is 24.0 Å². The predicted molar refractivity (Wildman–Crippen MR) is 204 cm³/mol. The first-order chi connectivity index (χ1) is 26.3. The molecule has 0 saturated carbocycles. The van der Waals surface area contributed by atoms with E-state index in [1.54, 1.807) is 31.1 Å². The van der Waals surface area contributed by atoms with Gasteiger partial charge in [-0.25, -0.2) is 19.6 Å². The Kier molecular flexibility index (Phi) is 13.3. The van der Waals surface area contributed by atoms with Gasteiger partial charge in [-0.1, -0.05) is 62.4 Å². The first-order valence-electron chi connectivity index (χ1n) is 18.2. The molecule has 16 nitrogen and oxygen atoms in total. The number of amides is 4. The Morgan fingerprint density at radius 1 is 0.764 bits per heavy atom. The molecular weight excluding hydrogens is 708 g/mol. The number of methoxy groups -OCH3 is 3. The summed E-state index contributed by atoms with van der Waals surface area (Å²) >= 11 is 0. The van der Waals surface area contributed by atoms with Crippen LogP contribution >= 0.6 is 0 Å². The minimum atomic E-state index is -1.29. The predicted octanol–water partition coefficient (Wildman–Crippen LogP) is 5.04. The van der Waals surface area contributed by atoms with Crippen LogP contribution in [0.1, 0.15) is 64.3 Å². The summed E-state index contributed by atoms with van der Waals surface area (Å²) in [5.74, 6) is 0.427. The number of alkyl carbamates (subject to hydrolysis) is 1. The number of H-pyrrole nitrogens is 2. The van der Waals surface area contributed by atoms with E-state index < -0.39 is 48.4 Å². The van der Waals surface area contributed by atoms with Gasteiger partial charge in [0.2, 0.25) is 11.8 Å². The Morgan fingerprint density at radius 3 is 1.85 bits per heavy atom. The first kappa shape index (κ1) is 40.4. The van der Waals surface area contributed by atoms with Crippen LogP contribution in [0.25, 0.3) is 33.6 Å². The molecular formula is C39H50N8O8. The van der Waals surface area contributed by atoms with Crippen LogP contribution in [0.3, 0.4) is 0 Å². The normalized spacial score (nSPS) is 16.9. The zero-order valence-electron chi connectivity index (χ0n) is 32.1. The van der Waals surface area contributed by atoms with Gasteiger partial charge in [-0.05, 0) is 54.9 Å². The van der Waals surface area contributed by atoms with Crippen LogP contribution in [0.2, 0.25) is 0 Å². The first-order valence-corrected chi connectivity index (χ1v) is 18.2. The fourth-order valence-electron chi connectivity index (χ4n) is 6.63. The quantitative estimate of drug-likeness (QED) is 0.0950. The standard InChI is InChI=1S/C39H50N8O8/c1-21(2)31(44-36(48)32(22(3)53-5)46-39(52)55-7)35-41-20-29(43-35)27-16-12-25(13-17-27)24-10-14-26(15-11-24)28-19-40-34(42-28)30-9-8-18-47(30)37(49)33(23(4)54-6)45-38(50)51/h10-17,19-23,30-33,45H,8-9,18H2,1-7H3,(H,40,42)(H,41,43)(H,44,48)(H,46,52)(H,50,51)/t22-,23-,30+,31+,32+,33+/m1/s1. The number of rotatable bonds is 15. The Hall–Kier alpha value is -5.74. The topological polar surface area (TPSA) is 213 Å². The summed E-state index contributed by atoms with van der Waals surface area (Å²) in [6.45, 7) is 7.77. The van der Waals surface area contributed by atoms with E-state index in [4.69, 9.17) is 9.47 Å². The molecule has 6 N–H and O–H groups in total. The molecule has 294 valence electrons. The monoisotopic (exact) mass is 758 g/mol. The van der Waals surface area contributed by atoms with E-state index in [2.05, 4.69) is 40.6 Å². The Labute approximate surface area is 319 Å². The van der Waals surface area contributed by atoms with Crippen molar-refractivity contribution in [3.8, 4) is 33.6 Å². The van der Waals surface area contributed by atoms with Crippen molar-refractivity contribution in [2.45, 2.75) is 76.9 Å². The third-order valence-electron chi connectivity index (χ3n) is 10.00. The number of nitrogens with zero attached hydrogens (tertiary/aromatic N) is 3. The summed E-state index contributed by atoms with van der Waals surface area (Å²) < 4.78 is 15.3. The van der Waals surface area contributed by atoms with Crippen molar-refractivity contribution in [1.29, 1.82) is 0 Å². The zero-order valence-corrected chi connectivity index (χ0v) is 32.1. The van der Waals surface area contributed by atoms with Gasteiger partial charge in [0.1, 0.15) is 23.7 Å². The SMILES string of the molecule is COC(=O)N[C@H](C(=O)N[C@H](c1ncc(-c2ccc(-c3ccc(-c4cnc([C@@H]5CCCN5C(=O)[C@@H](NC(=O)O)[C@@H](C)OC)[nH]4)cc3)cc2)[nH]1)C(C)C)[C@@H](C)OC. The molecule has 3 heterocycles. The number of ether oxygens (including phenoxy) is 3. The van der Waals surface area contributed by atoms with Gasteiger partial charge in [-0.3, -0.25) is 9.59 Å². The summed E-state index contributed by atoms with van der Waals surface area (Å²) in [4.78, 5) is 67.6. The average Bonchev–Trinajstić information content (AvgIpc) is 3.99. The molecule has 1 aliphatic rings. The van der Waals surface area contributed by atoms with Crippen molar-refractivity contribution in [1.82, 2.24) is 40.8 Å². The lowest BCUT2D eigenvalue weighted by molar-refractivity contribution is -0.137. The fraction of sp³-hybridized carbons (Fsp3) is 0.436. The van der Waals surface area contributed by atoms with Crippen LogP contribution in [-0.4, -0.2) is 106 Å². The molecule has 1 saturated heterocycles. The molecule has 1 fully saturated rings. The third kappa shape index (κ3) is 9.50. The lowest BCUT2D eigenvalue weighted by atomic mass is 10.0. The van der Waals surface area contributed by atoms with Crippen molar-refractivity contribution < 1.29 is 38.5 Å². The smallest absolute Gasteiger partial charge is 0.407 e. The highest BCUT2D eigenvalue weighted by molar-refractivity contribution is 5.87. The van der Waals surface area contributed by atoms with E-state index >= 15 is 0 Å².